The fourth-order valence-electron chi connectivity index (χ4n) is 3.64. The molecule has 1 aliphatic carbocycles. The van der Waals surface area contributed by atoms with Crippen molar-refractivity contribution >= 4 is 23.6 Å². The minimum absolute atomic E-state index is 0.223. The van der Waals surface area contributed by atoms with Crippen LogP contribution in [0.25, 0.3) is 0 Å². The third kappa shape index (κ3) is 2.92. The van der Waals surface area contributed by atoms with E-state index in [4.69, 9.17) is 14.7 Å². The van der Waals surface area contributed by atoms with Crippen molar-refractivity contribution in [2.24, 2.45) is 0 Å². The number of anilines is 3. The molecule has 2 aliphatic rings. The lowest BCUT2D eigenvalue weighted by Gasteiger charge is -2.24. The van der Waals surface area contributed by atoms with Gasteiger partial charge in [0.2, 0.25) is 5.95 Å². The molecule has 3 heterocycles. The van der Waals surface area contributed by atoms with Gasteiger partial charge in [0.15, 0.2) is 5.82 Å². The largest absolute Gasteiger partial charge is 0.467 e. The number of nitrogens with one attached hydrogen (secondary N) is 2. The van der Waals surface area contributed by atoms with Crippen molar-refractivity contribution in [3.8, 4) is 0 Å². The first-order valence-electron chi connectivity index (χ1n) is 8.69. The summed E-state index contributed by atoms with van der Waals surface area (Å²) in [7, 11) is 1.43. The second-order valence-corrected chi connectivity index (χ2v) is 6.59. The van der Waals surface area contributed by atoms with Crippen LogP contribution in [0.4, 0.5) is 17.6 Å². The van der Waals surface area contributed by atoms with Gasteiger partial charge in [-0.25, -0.2) is 9.78 Å². The van der Waals surface area contributed by atoms with E-state index in [0.717, 1.165) is 67.2 Å². The molecule has 0 amide bonds. The van der Waals surface area contributed by atoms with Crippen LogP contribution in [0.5, 0.6) is 0 Å². The first-order chi connectivity index (χ1) is 12.2. The number of ether oxygens (including phenoxy) is 1. The topological polar surface area (TPSA) is 96.0 Å². The van der Waals surface area contributed by atoms with E-state index in [1.165, 1.54) is 7.11 Å². The molecule has 8 nitrogen and oxygen atoms in total. The average molecular weight is 342 g/mol. The highest BCUT2D eigenvalue weighted by atomic mass is 16.5. The molecule has 0 spiro atoms. The standard InChI is InChI=1S/C17H22N6O2/c1-10-9-14(22-21-10)19-15-11-5-3-6-12(11)18-17(20-15)23-8-4-7-13(23)16(24)25-2/h9,13H,3-8H2,1-2H3,(H2,18,19,20,21,22). The predicted octanol–water partition coefficient (Wildman–Crippen LogP) is 1.88. The molecule has 2 N–H and O–H groups in total. The zero-order chi connectivity index (χ0) is 17.4. The monoisotopic (exact) mass is 342 g/mol. The van der Waals surface area contributed by atoms with E-state index < -0.39 is 0 Å². The number of fused-ring (bicyclic) bond motifs is 1. The Balaban J connectivity index is 1.69. The molecule has 0 bridgehead atoms. The van der Waals surface area contributed by atoms with Gasteiger partial charge in [0.1, 0.15) is 11.9 Å². The molecule has 2 aromatic heterocycles. The van der Waals surface area contributed by atoms with Crippen LogP contribution in [0.3, 0.4) is 0 Å². The van der Waals surface area contributed by atoms with Crippen molar-refractivity contribution in [1.82, 2.24) is 20.2 Å². The molecule has 2 aromatic rings. The number of aromatic amines is 1. The number of carbonyl (C=O) groups excluding carboxylic acids is 1. The number of hydrogen-bond donors (Lipinski definition) is 2. The number of nitrogens with zero attached hydrogens (tertiary/aromatic N) is 4. The van der Waals surface area contributed by atoms with Gasteiger partial charge in [-0.05, 0) is 39.0 Å². The minimum Gasteiger partial charge on any atom is -0.467 e. The average Bonchev–Trinajstić information content (AvgIpc) is 3.33. The lowest BCUT2D eigenvalue weighted by Crippen LogP contribution is -2.38. The number of H-pyrrole nitrogens is 1. The molecule has 1 atom stereocenters. The SMILES string of the molecule is COC(=O)C1CCCN1c1nc2c(c(Nc3cc(C)[nH]n3)n1)CCC2. The highest BCUT2D eigenvalue weighted by Crippen LogP contribution is 2.32. The fraction of sp³-hybridized carbons (Fsp3) is 0.529. The van der Waals surface area contributed by atoms with Crippen LogP contribution in [0.1, 0.15) is 36.2 Å². The van der Waals surface area contributed by atoms with Gasteiger partial charge in [0.05, 0.1) is 12.8 Å². The van der Waals surface area contributed by atoms with Crippen LogP contribution in [0.15, 0.2) is 6.07 Å². The Morgan fingerprint density at radius 3 is 3.00 bits per heavy atom. The number of esters is 1. The molecule has 1 fully saturated rings. The smallest absolute Gasteiger partial charge is 0.328 e. The van der Waals surface area contributed by atoms with Crippen molar-refractivity contribution < 1.29 is 9.53 Å². The van der Waals surface area contributed by atoms with Gasteiger partial charge in [-0.1, -0.05) is 0 Å². The maximum atomic E-state index is 12.1. The summed E-state index contributed by atoms with van der Waals surface area (Å²) in [4.78, 5) is 23.5. The Hall–Kier alpha value is -2.64. The molecule has 132 valence electrons. The number of aromatic nitrogens is 4. The van der Waals surface area contributed by atoms with Gasteiger partial charge in [-0.15, -0.1) is 0 Å². The van der Waals surface area contributed by atoms with E-state index in [2.05, 4.69) is 15.5 Å². The molecule has 0 saturated carbocycles. The fourth-order valence-corrected chi connectivity index (χ4v) is 3.64. The molecule has 1 unspecified atom stereocenters. The molecular formula is C17H22N6O2. The Morgan fingerprint density at radius 1 is 1.36 bits per heavy atom. The highest BCUT2D eigenvalue weighted by molar-refractivity contribution is 5.80. The van der Waals surface area contributed by atoms with E-state index in [1.807, 2.05) is 17.9 Å². The van der Waals surface area contributed by atoms with E-state index in [-0.39, 0.29) is 12.0 Å². The van der Waals surface area contributed by atoms with Crippen LogP contribution in [-0.4, -0.2) is 45.8 Å². The highest BCUT2D eigenvalue weighted by Gasteiger charge is 2.34. The predicted molar refractivity (Wildman–Crippen MR) is 93.0 cm³/mol. The third-order valence-corrected chi connectivity index (χ3v) is 4.86. The number of methoxy groups -OCH3 is 1. The molecule has 25 heavy (non-hydrogen) atoms. The summed E-state index contributed by atoms with van der Waals surface area (Å²) in [5, 5.41) is 10.5. The zero-order valence-electron chi connectivity index (χ0n) is 14.5. The van der Waals surface area contributed by atoms with Crippen molar-refractivity contribution in [3.05, 3.63) is 23.0 Å². The maximum absolute atomic E-state index is 12.1. The summed E-state index contributed by atoms with van der Waals surface area (Å²) < 4.78 is 4.94. The molecule has 1 aliphatic heterocycles. The summed E-state index contributed by atoms with van der Waals surface area (Å²) in [6, 6.07) is 1.64. The molecule has 0 radical (unpaired) electrons. The summed E-state index contributed by atoms with van der Waals surface area (Å²) in [5.74, 6) is 1.91. The van der Waals surface area contributed by atoms with Crippen LogP contribution >= 0.6 is 0 Å². The summed E-state index contributed by atoms with van der Waals surface area (Å²) in [6.07, 6.45) is 4.68. The summed E-state index contributed by atoms with van der Waals surface area (Å²) in [5.41, 5.74) is 3.20. The third-order valence-electron chi connectivity index (χ3n) is 4.86. The first kappa shape index (κ1) is 15.9. The zero-order valence-corrected chi connectivity index (χ0v) is 14.5. The quantitative estimate of drug-likeness (QED) is 0.819. The molecule has 0 aromatic carbocycles. The van der Waals surface area contributed by atoms with Crippen LogP contribution in [-0.2, 0) is 22.4 Å². The normalized spacial score (nSPS) is 19.1. The van der Waals surface area contributed by atoms with Crippen LogP contribution in [0.2, 0.25) is 0 Å². The minimum atomic E-state index is -0.301. The maximum Gasteiger partial charge on any atom is 0.328 e. The van der Waals surface area contributed by atoms with Gasteiger partial charge in [-0.2, -0.15) is 10.1 Å². The Bertz CT molecular complexity index is 802. The number of rotatable bonds is 4. The second-order valence-electron chi connectivity index (χ2n) is 6.59. The Labute approximate surface area is 146 Å². The lowest BCUT2D eigenvalue weighted by molar-refractivity contribution is -0.141. The van der Waals surface area contributed by atoms with Gasteiger partial charge in [0, 0.05) is 23.9 Å². The lowest BCUT2D eigenvalue weighted by atomic mass is 10.2. The van der Waals surface area contributed by atoms with Gasteiger partial charge >= 0.3 is 5.97 Å². The van der Waals surface area contributed by atoms with Crippen molar-refractivity contribution in [1.29, 1.82) is 0 Å². The van der Waals surface area contributed by atoms with Crippen molar-refractivity contribution in [2.45, 2.75) is 45.1 Å². The molecular weight excluding hydrogens is 320 g/mol. The molecule has 4 rings (SSSR count). The number of carbonyl (C=O) groups is 1. The molecule has 8 heteroatoms. The van der Waals surface area contributed by atoms with E-state index in [9.17, 15) is 4.79 Å². The van der Waals surface area contributed by atoms with Crippen LogP contribution in [0, 0.1) is 6.92 Å². The van der Waals surface area contributed by atoms with Crippen molar-refractivity contribution in [2.75, 3.05) is 23.9 Å². The van der Waals surface area contributed by atoms with Crippen LogP contribution < -0.4 is 10.2 Å². The number of hydrogen-bond acceptors (Lipinski definition) is 7. The van der Waals surface area contributed by atoms with E-state index in [0.29, 0.717) is 5.95 Å². The summed E-state index contributed by atoms with van der Waals surface area (Å²) >= 11 is 0. The first-order valence-corrected chi connectivity index (χ1v) is 8.69. The number of aryl methyl sites for hydroxylation is 2. The van der Waals surface area contributed by atoms with Gasteiger partial charge < -0.3 is 15.0 Å². The Kier molecular flexibility index (Phi) is 4.03. The van der Waals surface area contributed by atoms with Gasteiger partial charge in [-0.3, -0.25) is 5.10 Å². The molecule has 1 saturated heterocycles. The van der Waals surface area contributed by atoms with E-state index in [1.54, 1.807) is 0 Å². The van der Waals surface area contributed by atoms with E-state index >= 15 is 0 Å². The van der Waals surface area contributed by atoms with Crippen molar-refractivity contribution in [3.63, 3.8) is 0 Å². The summed E-state index contributed by atoms with van der Waals surface area (Å²) in [6.45, 7) is 2.72. The Morgan fingerprint density at radius 2 is 2.24 bits per heavy atom. The second kappa shape index (κ2) is 6.34. The van der Waals surface area contributed by atoms with Gasteiger partial charge in [0.25, 0.3) is 0 Å².